The summed E-state index contributed by atoms with van der Waals surface area (Å²) in [7, 11) is 3.53. The lowest BCUT2D eigenvalue weighted by Crippen LogP contribution is -2.49. The van der Waals surface area contributed by atoms with Crippen molar-refractivity contribution >= 4 is 16.8 Å². The number of hydrogen-bond donors (Lipinski definition) is 2. The highest BCUT2D eigenvalue weighted by molar-refractivity contribution is 6.08. The van der Waals surface area contributed by atoms with Gasteiger partial charge in [-0.3, -0.25) is 4.79 Å². The molecule has 23 heavy (non-hydrogen) atoms. The minimum atomic E-state index is -0.572. The summed E-state index contributed by atoms with van der Waals surface area (Å²) in [4.78, 5) is 12.8. The predicted molar refractivity (Wildman–Crippen MR) is 86.9 cm³/mol. The number of hydrogen-bond acceptors (Lipinski definition) is 4. The highest BCUT2D eigenvalue weighted by Crippen LogP contribution is 2.28. The molecule has 0 spiro atoms. The van der Waals surface area contributed by atoms with Crippen LogP contribution in [0.4, 0.5) is 0 Å². The number of nitrogens with one attached hydrogen (secondary N) is 1. The maximum absolute atomic E-state index is 12.8. The smallest absolute Gasteiger partial charge is 0.254 e. The summed E-state index contributed by atoms with van der Waals surface area (Å²) in [6, 6.07) is 5.31. The van der Waals surface area contributed by atoms with Crippen molar-refractivity contribution in [3.05, 3.63) is 29.5 Å². The van der Waals surface area contributed by atoms with Gasteiger partial charge < -0.3 is 24.5 Å². The van der Waals surface area contributed by atoms with Crippen LogP contribution >= 0.6 is 0 Å². The van der Waals surface area contributed by atoms with Gasteiger partial charge in [0.2, 0.25) is 0 Å². The van der Waals surface area contributed by atoms with Crippen LogP contribution in [0.15, 0.2) is 18.2 Å². The van der Waals surface area contributed by atoms with Crippen LogP contribution in [0.1, 0.15) is 22.5 Å². The quantitative estimate of drug-likeness (QED) is 0.897. The van der Waals surface area contributed by atoms with E-state index in [1.807, 2.05) is 36.7 Å². The van der Waals surface area contributed by atoms with Crippen molar-refractivity contribution in [2.24, 2.45) is 7.05 Å². The van der Waals surface area contributed by atoms with E-state index < -0.39 is 6.10 Å². The van der Waals surface area contributed by atoms with Crippen LogP contribution in [0.2, 0.25) is 0 Å². The van der Waals surface area contributed by atoms with E-state index in [1.165, 1.54) is 0 Å². The molecule has 2 aromatic rings. The van der Waals surface area contributed by atoms with E-state index in [1.54, 1.807) is 7.11 Å². The van der Waals surface area contributed by atoms with E-state index in [2.05, 4.69) is 5.32 Å². The molecular formula is C17H22N2O4. The Bertz CT molecular complexity index is 738. The minimum absolute atomic E-state index is 0.198. The van der Waals surface area contributed by atoms with Gasteiger partial charge in [0.15, 0.2) is 0 Å². The molecule has 1 aliphatic rings. The number of nitrogens with zero attached hydrogens (tertiary/aromatic N) is 1. The lowest BCUT2D eigenvalue weighted by atomic mass is 10.1. The fourth-order valence-electron chi connectivity index (χ4n) is 3.07. The van der Waals surface area contributed by atoms with Gasteiger partial charge in [0.05, 0.1) is 31.4 Å². The van der Waals surface area contributed by atoms with Gasteiger partial charge in [0.1, 0.15) is 5.75 Å². The second-order valence-electron chi connectivity index (χ2n) is 5.91. The van der Waals surface area contributed by atoms with Gasteiger partial charge in [0, 0.05) is 30.3 Å². The highest BCUT2D eigenvalue weighted by atomic mass is 16.5. The normalized spacial score (nSPS) is 21.4. The van der Waals surface area contributed by atoms with Gasteiger partial charge >= 0.3 is 0 Å². The SMILES string of the molecule is COc1ccc2c(c1)c(C(=O)N[C@@H]1COCC[C@H]1O)c(C)n2C. The Morgan fingerprint density at radius 2 is 2.26 bits per heavy atom. The first-order valence-corrected chi connectivity index (χ1v) is 7.72. The molecule has 2 atom stereocenters. The molecule has 0 aliphatic carbocycles. The van der Waals surface area contributed by atoms with Crippen molar-refractivity contribution in [1.82, 2.24) is 9.88 Å². The van der Waals surface area contributed by atoms with E-state index in [4.69, 9.17) is 9.47 Å². The maximum Gasteiger partial charge on any atom is 0.254 e. The van der Waals surface area contributed by atoms with Gasteiger partial charge in [-0.1, -0.05) is 0 Å². The minimum Gasteiger partial charge on any atom is -0.497 e. The molecule has 0 bridgehead atoms. The first-order valence-electron chi connectivity index (χ1n) is 7.72. The molecule has 1 saturated heterocycles. The molecule has 6 heteroatoms. The van der Waals surface area contributed by atoms with Gasteiger partial charge in [-0.25, -0.2) is 0 Å². The van der Waals surface area contributed by atoms with Crippen molar-refractivity contribution in [3.63, 3.8) is 0 Å². The molecule has 0 unspecified atom stereocenters. The number of amides is 1. The molecule has 2 N–H and O–H groups in total. The third-order valence-corrected chi connectivity index (χ3v) is 4.56. The van der Waals surface area contributed by atoms with Crippen molar-refractivity contribution in [2.45, 2.75) is 25.5 Å². The Morgan fingerprint density at radius 1 is 1.48 bits per heavy atom. The Kier molecular flexibility index (Phi) is 4.28. The Morgan fingerprint density at radius 3 is 2.96 bits per heavy atom. The number of aliphatic hydroxyl groups excluding tert-OH is 1. The zero-order chi connectivity index (χ0) is 16.6. The largest absolute Gasteiger partial charge is 0.497 e. The van der Waals surface area contributed by atoms with Gasteiger partial charge in [-0.2, -0.15) is 0 Å². The summed E-state index contributed by atoms with van der Waals surface area (Å²) in [6.07, 6.45) is -0.0367. The molecule has 124 valence electrons. The number of benzene rings is 1. The van der Waals surface area contributed by atoms with Crippen molar-refractivity contribution in [2.75, 3.05) is 20.3 Å². The topological polar surface area (TPSA) is 72.7 Å². The van der Waals surface area contributed by atoms with E-state index in [9.17, 15) is 9.90 Å². The van der Waals surface area contributed by atoms with Crippen LogP contribution in [0, 0.1) is 6.92 Å². The molecule has 1 aliphatic heterocycles. The molecule has 1 fully saturated rings. The number of methoxy groups -OCH3 is 1. The molecule has 1 aromatic carbocycles. The summed E-state index contributed by atoms with van der Waals surface area (Å²) in [5.41, 5.74) is 2.45. The number of rotatable bonds is 3. The lowest BCUT2D eigenvalue weighted by Gasteiger charge is -2.28. The summed E-state index contributed by atoms with van der Waals surface area (Å²) >= 11 is 0. The lowest BCUT2D eigenvalue weighted by molar-refractivity contribution is -0.0139. The van der Waals surface area contributed by atoms with E-state index in [-0.39, 0.29) is 11.9 Å². The number of aryl methyl sites for hydroxylation is 1. The number of fused-ring (bicyclic) bond motifs is 1. The fraction of sp³-hybridized carbons (Fsp3) is 0.471. The first-order chi connectivity index (χ1) is 11.0. The Labute approximate surface area is 135 Å². The molecule has 6 nitrogen and oxygen atoms in total. The number of carbonyl (C=O) groups is 1. The molecule has 1 aromatic heterocycles. The monoisotopic (exact) mass is 318 g/mol. The Balaban J connectivity index is 1.97. The molecular weight excluding hydrogens is 296 g/mol. The van der Waals surface area contributed by atoms with Crippen LogP contribution in [0.5, 0.6) is 5.75 Å². The molecule has 3 rings (SSSR count). The number of ether oxygens (including phenoxy) is 2. The van der Waals surface area contributed by atoms with Crippen molar-refractivity contribution in [1.29, 1.82) is 0 Å². The summed E-state index contributed by atoms with van der Waals surface area (Å²) in [6.45, 7) is 2.77. The van der Waals surface area contributed by atoms with Crippen LogP contribution in [-0.4, -0.2) is 48.1 Å². The summed E-state index contributed by atoms with van der Waals surface area (Å²) in [5.74, 6) is 0.508. The van der Waals surface area contributed by atoms with E-state index in [0.29, 0.717) is 30.9 Å². The zero-order valence-electron chi connectivity index (χ0n) is 13.6. The molecule has 0 saturated carbocycles. The maximum atomic E-state index is 12.8. The van der Waals surface area contributed by atoms with E-state index >= 15 is 0 Å². The fourth-order valence-corrected chi connectivity index (χ4v) is 3.07. The molecule has 0 radical (unpaired) electrons. The van der Waals surface area contributed by atoms with Crippen molar-refractivity contribution in [3.8, 4) is 5.75 Å². The van der Waals surface area contributed by atoms with Gasteiger partial charge in [-0.05, 0) is 31.5 Å². The predicted octanol–water partition coefficient (Wildman–Crippen LogP) is 1.37. The number of carbonyl (C=O) groups excluding carboxylic acids is 1. The third kappa shape index (κ3) is 2.80. The number of aliphatic hydroxyl groups is 1. The third-order valence-electron chi connectivity index (χ3n) is 4.56. The number of aromatic nitrogens is 1. The van der Waals surface area contributed by atoms with Gasteiger partial charge in [0.25, 0.3) is 5.91 Å². The van der Waals surface area contributed by atoms with Crippen molar-refractivity contribution < 1.29 is 19.4 Å². The average Bonchev–Trinajstić information content (AvgIpc) is 2.80. The van der Waals surface area contributed by atoms with Gasteiger partial charge in [-0.15, -0.1) is 0 Å². The average molecular weight is 318 g/mol. The van der Waals surface area contributed by atoms with Crippen LogP contribution in [0.25, 0.3) is 10.9 Å². The molecule has 2 heterocycles. The van der Waals surface area contributed by atoms with Crippen LogP contribution in [0.3, 0.4) is 0 Å². The standard InChI is InChI=1S/C17H22N2O4/c1-10-16(17(21)18-13-9-23-7-6-15(13)20)12-8-11(22-3)4-5-14(12)19(10)2/h4-5,8,13,15,20H,6-7,9H2,1-3H3,(H,18,21)/t13-,15-/m1/s1. The first kappa shape index (κ1) is 15.8. The molecule has 1 amide bonds. The van der Waals surface area contributed by atoms with E-state index in [0.717, 1.165) is 16.6 Å². The second-order valence-corrected chi connectivity index (χ2v) is 5.91. The van der Waals surface area contributed by atoms with Crippen LogP contribution in [-0.2, 0) is 11.8 Å². The summed E-state index contributed by atoms with van der Waals surface area (Å²) < 4.78 is 12.6. The van der Waals surface area contributed by atoms with Crippen LogP contribution < -0.4 is 10.1 Å². The second kappa shape index (κ2) is 6.22. The zero-order valence-corrected chi connectivity index (χ0v) is 13.6. The summed E-state index contributed by atoms with van der Waals surface area (Å²) in [5, 5.41) is 13.8. The Hall–Kier alpha value is -2.05. The highest BCUT2D eigenvalue weighted by Gasteiger charge is 2.27.